The highest BCUT2D eigenvalue weighted by Gasteiger charge is 2.18. The maximum atomic E-state index is 6.29. The Morgan fingerprint density at radius 1 is 0.974 bits per heavy atom. The number of ether oxygens (including phenoxy) is 3. The Balaban J connectivity index is 1.16. The number of hydrogen-bond acceptors (Lipinski definition) is 10. The zero-order chi connectivity index (χ0) is 26.4. The second-order valence-corrected chi connectivity index (χ2v) is 10.2. The van der Waals surface area contributed by atoms with Gasteiger partial charge in [-0.1, -0.05) is 6.07 Å². The lowest BCUT2D eigenvalue weighted by Gasteiger charge is -2.26. The van der Waals surface area contributed by atoms with E-state index in [1.807, 2.05) is 59.4 Å². The number of thiazole rings is 1. The van der Waals surface area contributed by atoms with Crippen LogP contribution in [0.15, 0.2) is 66.6 Å². The van der Waals surface area contributed by atoms with E-state index in [9.17, 15) is 0 Å². The molecule has 0 radical (unpaired) electrons. The minimum atomic E-state index is 0.421. The molecule has 4 heterocycles. The van der Waals surface area contributed by atoms with Crippen LogP contribution in [0.4, 0.5) is 5.82 Å². The Morgan fingerprint density at radius 2 is 1.82 bits per heavy atom. The Kier molecular flexibility index (Phi) is 7.61. The number of morpholine rings is 1. The van der Waals surface area contributed by atoms with Crippen molar-refractivity contribution in [3.05, 3.63) is 71.4 Å². The van der Waals surface area contributed by atoms with E-state index in [-0.39, 0.29) is 0 Å². The van der Waals surface area contributed by atoms with Crippen LogP contribution in [-0.2, 0) is 17.9 Å². The molecule has 0 saturated carbocycles. The van der Waals surface area contributed by atoms with Gasteiger partial charge in [-0.3, -0.25) is 9.88 Å². The maximum Gasteiger partial charge on any atom is 0.163 e. The number of nitrogen functional groups attached to an aromatic ring is 1. The topological polar surface area (TPSA) is 113 Å². The monoisotopic (exact) mass is 543 g/mol. The van der Waals surface area contributed by atoms with E-state index in [4.69, 9.17) is 25.0 Å². The van der Waals surface area contributed by atoms with Gasteiger partial charge in [-0.15, -0.1) is 11.3 Å². The summed E-state index contributed by atoms with van der Waals surface area (Å²) in [6.07, 6.45) is 4.26. The Hall–Kier alpha value is -4.06. The summed E-state index contributed by atoms with van der Waals surface area (Å²) in [5.74, 6) is 2.55. The van der Waals surface area contributed by atoms with Gasteiger partial charge in [-0.25, -0.2) is 14.6 Å². The summed E-state index contributed by atoms with van der Waals surface area (Å²) in [4.78, 5) is 16.3. The van der Waals surface area contributed by atoms with Crippen LogP contribution in [0.1, 0.15) is 11.3 Å². The van der Waals surface area contributed by atoms with Crippen molar-refractivity contribution in [1.29, 1.82) is 0 Å². The molecule has 0 unspecified atom stereocenters. The van der Waals surface area contributed by atoms with Gasteiger partial charge in [0.15, 0.2) is 5.65 Å². The van der Waals surface area contributed by atoms with Crippen molar-refractivity contribution in [3.63, 3.8) is 0 Å². The fourth-order valence-corrected chi connectivity index (χ4v) is 5.08. The normalized spacial score (nSPS) is 14.1. The first kappa shape index (κ1) is 25.2. The number of fused-ring (bicyclic) bond motifs is 1. The average molecular weight is 544 g/mol. The summed E-state index contributed by atoms with van der Waals surface area (Å²) < 4.78 is 19.4. The second-order valence-electron chi connectivity index (χ2n) is 9.19. The van der Waals surface area contributed by atoms with Crippen molar-refractivity contribution in [3.8, 4) is 28.5 Å². The minimum absolute atomic E-state index is 0.421. The second kappa shape index (κ2) is 11.8. The molecule has 1 aliphatic heterocycles. The highest BCUT2D eigenvalue weighted by Crippen LogP contribution is 2.32. The van der Waals surface area contributed by atoms with Crippen LogP contribution in [0.2, 0.25) is 0 Å². The Bertz CT molecular complexity index is 1520. The van der Waals surface area contributed by atoms with Crippen LogP contribution >= 0.6 is 11.3 Å². The number of aryl methyl sites for hydroxylation is 1. The first-order valence-corrected chi connectivity index (χ1v) is 13.8. The van der Waals surface area contributed by atoms with Gasteiger partial charge in [0.2, 0.25) is 0 Å². The lowest BCUT2D eigenvalue weighted by molar-refractivity contribution is 0.0368. The molecule has 1 fully saturated rings. The molecule has 200 valence electrons. The summed E-state index contributed by atoms with van der Waals surface area (Å²) in [5, 5.41) is 5.67. The molecule has 0 aliphatic carbocycles. The number of nitrogens with zero attached hydrogens (tertiary/aromatic N) is 6. The lowest BCUT2D eigenvalue weighted by atomic mass is 10.1. The maximum absolute atomic E-state index is 6.29. The van der Waals surface area contributed by atoms with Crippen LogP contribution in [0.25, 0.3) is 22.3 Å². The van der Waals surface area contributed by atoms with Gasteiger partial charge in [0.1, 0.15) is 41.7 Å². The molecule has 1 aliphatic rings. The smallest absolute Gasteiger partial charge is 0.163 e. The third-order valence-corrected chi connectivity index (χ3v) is 7.29. The van der Waals surface area contributed by atoms with Crippen molar-refractivity contribution in [1.82, 2.24) is 29.6 Å². The Morgan fingerprint density at radius 3 is 2.64 bits per heavy atom. The molecule has 0 atom stereocenters. The van der Waals surface area contributed by atoms with Gasteiger partial charge in [0, 0.05) is 44.0 Å². The predicted molar refractivity (Wildman–Crippen MR) is 150 cm³/mol. The molecule has 1 saturated heterocycles. The van der Waals surface area contributed by atoms with E-state index in [0.29, 0.717) is 23.9 Å². The molecule has 3 aromatic heterocycles. The largest absolute Gasteiger partial charge is 0.488 e. The molecular formula is C28H29N7O3S. The molecule has 6 rings (SSSR count). The van der Waals surface area contributed by atoms with E-state index in [0.717, 1.165) is 78.7 Å². The first-order chi connectivity index (χ1) is 19.2. The third kappa shape index (κ3) is 6.00. The van der Waals surface area contributed by atoms with E-state index < -0.39 is 0 Å². The van der Waals surface area contributed by atoms with E-state index in [1.165, 1.54) is 6.33 Å². The van der Waals surface area contributed by atoms with E-state index in [2.05, 4.69) is 19.9 Å². The van der Waals surface area contributed by atoms with Crippen molar-refractivity contribution in [2.45, 2.75) is 19.6 Å². The minimum Gasteiger partial charge on any atom is -0.488 e. The quantitative estimate of drug-likeness (QED) is 0.269. The summed E-state index contributed by atoms with van der Waals surface area (Å²) >= 11 is 1.57. The zero-order valence-electron chi connectivity index (χ0n) is 21.4. The molecule has 0 amide bonds. The van der Waals surface area contributed by atoms with Gasteiger partial charge in [-0.05, 0) is 42.8 Å². The van der Waals surface area contributed by atoms with Crippen molar-refractivity contribution in [2.75, 3.05) is 38.6 Å². The number of anilines is 1. The molecule has 39 heavy (non-hydrogen) atoms. The molecule has 10 nitrogen and oxygen atoms in total. The Labute approximate surface area is 230 Å². The van der Waals surface area contributed by atoms with Gasteiger partial charge in [0.25, 0.3) is 0 Å². The SMILES string of the molecule is Nc1ncnc2c1c(-c1ccc(Oc3cccc(OCc4cncs4)c3)cc1)nn2CCCN1CCOCC1. The molecule has 5 aromatic rings. The van der Waals surface area contributed by atoms with Crippen LogP contribution in [0.5, 0.6) is 17.2 Å². The summed E-state index contributed by atoms with van der Waals surface area (Å²) in [6.45, 7) is 5.74. The van der Waals surface area contributed by atoms with Crippen LogP contribution in [0, 0.1) is 0 Å². The predicted octanol–water partition coefficient (Wildman–Crippen LogP) is 4.63. The van der Waals surface area contributed by atoms with Gasteiger partial charge >= 0.3 is 0 Å². The van der Waals surface area contributed by atoms with Crippen LogP contribution in [0.3, 0.4) is 0 Å². The highest BCUT2D eigenvalue weighted by atomic mass is 32.1. The molecule has 11 heteroatoms. The molecule has 0 spiro atoms. The molecule has 2 N–H and O–H groups in total. The van der Waals surface area contributed by atoms with Gasteiger partial charge in [-0.2, -0.15) is 5.10 Å². The van der Waals surface area contributed by atoms with Crippen LogP contribution < -0.4 is 15.2 Å². The average Bonchev–Trinajstić information content (AvgIpc) is 3.62. The fraction of sp³-hybridized carbons (Fsp3) is 0.286. The van der Waals surface area contributed by atoms with E-state index in [1.54, 1.807) is 16.8 Å². The van der Waals surface area contributed by atoms with E-state index >= 15 is 0 Å². The number of benzene rings is 2. The number of rotatable bonds is 10. The molecule has 2 aromatic carbocycles. The lowest BCUT2D eigenvalue weighted by Crippen LogP contribution is -2.37. The standard InChI is InChI=1S/C28H29N7O3S/c29-27-25-26(33-35(28(25)32-18-31-27)10-2-9-34-11-13-36-14-12-34)20-5-7-21(8-6-20)38-23-4-1-3-22(15-23)37-17-24-16-30-19-39-24/h1,3-8,15-16,18-19H,2,9-14,17H2,(H2,29,31,32). The summed E-state index contributed by atoms with van der Waals surface area (Å²) in [7, 11) is 0. The van der Waals surface area contributed by atoms with Gasteiger partial charge in [0.05, 0.1) is 29.0 Å². The number of nitrogens with two attached hydrogens (primary N) is 1. The van der Waals surface area contributed by atoms with Gasteiger partial charge < -0.3 is 19.9 Å². The van der Waals surface area contributed by atoms with Crippen molar-refractivity contribution >= 4 is 28.2 Å². The number of hydrogen-bond donors (Lipinski definition) is 1. The summed E-state index contributed by atoms with van der Waals surface area (Å²) in [5.41, 5.74) is 10.5. The molecule has 0 bridgehead atoms. The zero-order valence-corrected chi connectivity index (χ0v) is 22.2. The molecular weight excluding hydrogens is 514 g/mol. The van der Waals surface area contributed by atoms with Crippen LogP contribution in [-0.4, -0.2) is 62.5 Å². The fourth-order valence-electron chi connectivity index (χ4n) is 4.57. The number of aromatic nitrogens is 5. The highest BCUT2D eigenvalue weighted by molar-refractivity contribution is 7.09. The van der Waals surface area contributed by atoms with Crippen molar-refractivity contribution < 1.29 is 14.2 Å². The summed E-state index contributed by atoms with van der Waals surface area (Å²) in [6, 6.07) is 15.4. The third-order valence-electron chi connectivity index (χ3n) is 6.54. The first-order valence-electron chi connectivity index (χ1n) is 12.9. The van der Waals surface area contributed by atoms with Crippen molar-refractivity contribution in [2.24, 2.45) is 0 Å².